The van der Waals surface area contributed by atoms with Gasteiger partial charge in [0.2, 0.25) is 0 Å². The van der Waals surface area contributed by atoms with Crippen molar-refractivity contribution in [2.24, 2.45) is 5.92 Å². The van der Waals surface area contributed by atoms with Crippen molar-refractivity contribution in [1.82, 2.24) is 5.32 Å². The molecule has 1 N–H and O–H groups in total. The number of nitrogens with one attached hydrogen (secondary N) is 1. The van der Waals surface area contributed by atoms with Crippen LogP contribution in [0.3, 0.4) is 0 Å². The van der Waals surface area contributed by atoms with Crippen molar-refractivity contribution in [3.8, 4) is 0 Å². The fourth-order valence-corrected chi connectivity index (χ4v) is 1.71. The van der Waals surface area contributed by atoms with Gasteiger partial charge in [-0.25, -0.2) is 0 Å². The Balaban J connectivity index is 1.68. The highest BCUT2D eigenvalue weighted by Gasteiger charge is 2.15. The minimum Gasteiger partial charge on any atom is -0.385 e. The molecule has 0 amide bonds. The topological polar surface area (TPSA) is 21.3 Å². The van der Waals surface area contributed by atoms with E-state index in [0.717, 1.165) is 19.1 Å². The fourth-order valence-electron chi connectivity index (χ4n) is 1.71. The molecule has 0 heterocycles. The quantitative estimate of drug-likeness (QED) is 0.585. The molecular formula is C11H23NO. The van der Waals surface area contributed by atoms with Gasteiger partial charge in [-0.2, -0.15) is 0 Å². The summed E-state index contributed by atoms with van der Waals surface area (Å²) in [6.45, 7) is 3.29. The number of ether oxygens (including phenoxy) is 1. The van der Waals surface area contributed by atoms with Crippen molar-refractivity contribution in [3.63, 3.8) is 0 Å². The maximum atomic E-state index is 4.99. The van der Waals surface area contributed by atoms with Gasteiger partial charge in [0, 0.05) is 13.7 Å². The average Bonchev–Trinajstić information content (AvgIpc) is 2.07. The van der Waals surface area contributed by atoms with E-state index >= 15 is 0 Å². The monoisotopic (exact) mass is 185 g/mol. The molecule has 0 aliphatic heterocycles. The van der Waals surface area contributed by atoms with Crippen LogP contribution < -0.4 is 5.32 Å². The Labute approximate surface area is 82.0 Å². The summed E-state index contributed by atoms with van der Waals surface area (Å²) in [6.07, 6.45) is 8.25. The van der Waals surface area contributed by atoms with Gasteiger partial charge in [-0.05, 0) is 38.3 Å². The Kier molecular flexibility index (Phi) is 6.21. The number of hydrogen-bond donors (Lipinski definition) is 1. The summed E-state index contributed by atoms with van der Waals surface area (Å²) in [5.41, 5.74) is 0. The van der Waals surface area contributed by atoms with Crippen LogP contribution in [-0.4, -0.2) is 26.8 Å². The number of methoxy groups -OCH3 is 1. The lowest BCUT2D eigenvalue weighted by Crippen LogP contribution is -2.22. The van der Waals surface area contributed by atoms with Crippen molar-refractivity contribution in [3.05, 3.63) is 0 Å². The Morgan fingerprint density at radius 3 is 2.69 bits per heavy atom. The van der Waals surface area contributed by atoms with Crippen molar-refractivity contribution >= 4 is 0 Å². The van der Waals surface area contributed by atoms with Gasteiger partial charge in [-0.3, -0.25) is 0 Å². The smallest absolute Gasteiger partial charge is 0.0462 e. The van der Waals surface area contributed by atoms with Crippen molar-refractivity contribution in [1.29, 1.82) is 0 Å². The van der Waals surface area contributed by atoms with Crippen LogP contribution in [0.2, 0.25) is 0 Å². The maximum absolute atomic E-state index is 4.99. The van der Waals surface area contributed by atoms with Gasteiger partial charge in [0.25, 0.3) is 0 Å². The summed E-state index contributed by atoms with van der Waals surface area (Å²) in [6, 6.07) is 0. The highest BCUT2D eigenvalue weighted by molar-refractivity contribution is 4.70. The van der Waals surface area contributed by atoms with E-state index in [1.54, 1.807) is 7.11 Å². The molecule has 0 radical (unpaired) electrons. The van der Waals surface area contributed by atoms with Crippen LogP contribution in [0.1, 0.15) is 38.5 Å². The lowest BCUT2D eigenvalue weighted by atomic mass is 9.83. The summed E-state index contributed by atoms with van der Waals surface area (Å²) < 4.78 is 4.99. The SMILES string of the molecule is COCCCCNCCC1CCC1. The first-order valence-electron chi connectivity index (χ1n) is 5.63. The third kappa shape index (κ3) is 5.27. The van der Waals surface area contributed by atoms with Gasteiger partial charge in [-0.15, -0.1) is 0 Å². The number of hydrogen-bond acceptors (Lipinski definition) is 2. The molecule has 78 valence electrons. The molecule has 1 aliphatic carbocycles. The molecular weight excluding hydrogens is 162 g/mol. The summed E-state index contributed by atoms with van der Waals surface area (Å²) >= 11 is 0. The Morgan fingerprint density at radius 1 is 1.23 bits per heavy atom. The van der Waals surface area contributed by atoms with E-state index in [1.807, 2.05) is 0 Å². The van der Waals surface area contributed by atoms with Crippen molar-refractivity contribution < 1.29 is 4.74 Å². The molecule has 0 aromatic heterocycles. The standard InChI is InChI=1S/C11H23NO/c1-13-10-3-2-8-12-9-7-11-5-4-6-11/h11-12H,2-10H2,1H3. The fraction of sp³-hybridized carbons (Fsp3) is 1.00. The maximum Gasteiger partial charge on any atom is 0.0462 e. The summed E-state index contributed by atoms with van der Waals surface area (Å²) in [4.78, 5) is 0. The Morgan fingerprint density at radius 2 is 2.08 bits per heavy atom. The van der Waals surface area contributed by atoms with Gasteiger partial charge in [0.05, 0.1) is 0 Å². The highest BCUT2D eigenvalue weighted by atomic mass is 16.5. The second-order valence-corrected chi connectivity index (χ2v) is 4.04. The van der Waals surface area contributed by atoms with Crippen molar-refractivity contribution in [2.75, 3.05) is 26.8 Å². The van der Waals surface area contributed by atoms with Crippen LogP contribution in [0.4, 0.5) is 0 Å². The molecule has 1 aliphatic rings. The second kappa shape index (κ2) is 7.34. The Bertz CT molecular complexity index is 113. The minimum absolute atomic E-state index is 0.907. The molecule has 1 fully saturated rings. The Hall–Kier alpha value is -0.0800. The molecule has 0 saturated heterocycles. The van der Waals surface area contributed by atoms with Gasteiger partial charge >= 0.3 is 0 Å². The van der Waals surface area contributed by atoms with E-state index in [-0.39, 0.29) is 0 Å². The van der Waals surface area contributed by atoms with E-state index in [9.17, 15) is 0 Å². The van der Waals surface area contributed by atoms with E-state index in [4.69, 9.17) is 4.74 Å². The minimum atomic E-state index is 0.907. The lowest BCUT2D eigenvalue weighted by molar-refractivity contribution is 0.192. The average molecular weight is 185 g/mol. The first kappa shape index (κ1) is 11.0. The molecule has 0 bridgehead atoms. The van der Waals surface area contributed by atoms with Gasteiger partial charge in [0.1, 0.15) is 0 Å². The van der Waals surface area contributed by atoms with Crippen LogP contribution >= 0.6 is 0 Å². The largest absolute Gasteiger partial charge is 0.385 e. The molecule has 0 aromatic carbocycles. The van der Waals surface area contributed by atoms with E-state index < -0.39 is 0 Å². The summed E-state index contributed by atoms with van der Waals surface area (Å²) in [7, 11) is 1.77. The zero-order chi connectivity index (χ0) is 9.36. The predicted molar refractivity (Wildman–Crippen MR) is 55.9 cm³/mol. The van der Waals surface area contributed by atoms with Crippen LogP contribution in [0.5, 0.6) is 0 Å². The van der Waals surface area contributed by atoms with Gasteiger partial charge < -0.3 is 10.1 Å². The molecule has 0 aromatic rings. The molecule has 0 spiro atoms. The first-order chi connectivity index (χ1) is 6.43. The van der Waals surface area contributed by atoms with Gasteiger partial charge in [-0.1, -0.05) is 19.3 Å². The van der Waals surface area contributed by atoms with Crippen LogP contribution in [0, 0.1) is 5.92 Å². The van der Waals surface area contributed by atoms with Crippen LogP contribution in [0.15, 0.2) is 0 Å². The van der Waals surface area contributed by atoms with Gasteiger partial charge in [0.15, 0.2) is 0 Å². The zero-order valence-electron chi connectivity index (χ0n) is 8.85. The van der Waals surface area contributed by atoms with E-state index in [0.29, 0.717) is 0 Å². The zero-order valence-corrected chi connectivity index (χ0v) is 8.85. The van der Waals surface area contributed by atoms with E-state index in [2.05, 4.69) is 5.32 Å². The second-order valence-electron chi connectivity index (χ2n) is 4.04. The predicted octanol–water partition coefficient (Wildman–Crippen LogP) is 2.19. The molecule has 13 heavy (non-hydrogen) atoms. The third-order valence-corrected chi connectivity index (χ3v) is 2.91. The molecule has 0 atom stereocenters. The summed E-state index contributed by atoms with van der Waals surface area (Å²) in [5.74, 6) is 1.05. The number of unbranched alkanes of at least 4 members (excludes halogenated alkanes) is 1. The lowest BCUT2D eigenvalue weighted by Gasteiger charge is -2.25. The number of rotatable bonds is 8. The first-order valence-corrected chi connectivity index (χ1v) is 5.63. The van der Waals surface area contributed by atoms with Crippen LogP contribution in [0.25, 0.3) is 0 Å². The molecule has 2 nitrogen and oxygen atoms in total. The normalized spacial score (nSPS) is 17.3. The molecule has 2 heteroatoms. The highest BCUT2D eigenvalue weighted by Crippen LogP contribution is 2.28. The van der Waals surface area contributed by atoms with Crippen molar-refractivity contribution in [2.45, 2.75) is 38.5 Å². The van der Waals surface area contributed by atoms with Crippen LogP contribution in [-0.2, 0) is 4.74 Å². The molecule has 1 rings (SSSR count). The molecule has 0 unspecified atom stereocenters. The van der Waals surface area contributed by atoms with E-state index in [1.165, 1.54) is 45.1 Å². The summed E-state index contributed by atoms with van der Waals surface area (Å²) in [5, 5.41) is 3.49. The third-order valence-electron chi connectivity index (χ3n) is 2.91. The molecule has 1 saturated carbocycles.